The molecule has 1 aromatic heterocycles. The Morgan fingerprint density at radius 3 is 2.37 bits per heavy atom. The van der Waals surface area contributed by atoms with Gasteiger partial charge in [-0.1, -0.05) is 118 Å². The zero-order valence-electron chi connectivity index (χ0n) is 26.7. The minimum atomic E-state index is -0.289. The van der Waals surface area contributed by atoms with E-state index in [0.717, 1.165) is 72.0 Å². The SMILES string of the molecule is C=C/C(=C\C=C(/C)F)c1c(CCCC(C)CC(C)CC(=C)CC)[nH]c(C(=O)NCc2ccc(C)cc2)c1-c1ccccc1. The topological polar surface area (TPSA) is 44.9 Å². The highest BCUT2D eigenvalue weighted by atomic mass is 19.1. The average molecular weight is 581 g/mol. The summed E-state index contributed by atoms with van der Waals surface area (Å²) in [6.45, 7) is 19.0. The van der Waals surface area contributed by atoms with E-state index >= 15 is 0 Å². The smallest absolute Gasteiger partial charge is 0.268 e. The van der Waals surface area contributed by atoms with Gasteiger partial charge in [-0.05, 0) is 80.6 Å². The van der Waals surface area contributed by atoms with Gasteiger partial charge in [0, 0.05) is 23.4 Å². The van der Waals surface area contributed by atoms with E-state index in [1.807, 2.05) is 61.5 Å². The van der Waals surface area contributed by atoms with Crippen LogP contribution in [0.15, 0.2) is 97.4 Å². The Labute approximate surface area is 258 Å². The van der Waals surface area contributed by atoms with Crippen LogP contribution >= 0.6 is 0 Å². The van der Waals surface area contributed by atoms with Crippen molar-refractivity contribution in [3.05, 3.63) is 125 Å². The molecule has 2 unspecified atom stereocenters. The summed E-state index contributed by atoms with van der Waals surface area (Å²) in [6, 6.07) is 18.1. The molecule has 0 saturated heterocycles. The van der Waals surface area contributed by atoms with Crippen molar-refractivity contribution in [2.45, 2.75) is 79.7 Å². The highest BCUT2D eigenvalue weighted by Crippen LogP contribution is 2.37. The third kappa shape index (κ3) is 10.1. The van der Waals surface area contributed by atoms with Gasteiger partial charge in [-0.3, -0.25) is 4.79 Å². The normalized spacial score (nSPS) is 13.4. The van der Waals surface area contributed by atoms with Crippen LogP contribution in [0.2, 0.25) is 0 Å². The summed E-state index contributed by atoms with van der Waals surface area (Å²) in [5.41, 5.74) is 8.43. The fraction of sp³-hybridized carbons (Fsp3) is 0.359. The number of halogens is 1. The number of H-pyrrole nitrogens is 1. The van der Waals surface area contributed by atoms with Crippen LogP contribution in [0.3, 0.4) is 0 Å². The zero-order chi connectivity index (χ0) is 31.4. The van der Waals surface area contributed by atoms with Crippen molar-refractivity contribution < 1.29 is 9.18 Å². The van der Waals surface area contributed by atoms with E-state index < -0.39 is 0 Å². The number of aromatic nitrogens is 1. The number of aryl methyl sites for hydroxylation is 2. The van der Waals surface area contributed by atoms with Gasteiger partial charge in [-0.2, -0.15) is 0 Å². The fourth-order valence-corrected chi connectivity index (χ4v) is 5.71. The Hall–Kier alpha value is -3.92. The lowest BCUT2D eigenvalue weighted by Gasteiger charge is -2.18. The molecule has 0 aliphatic heterocycles. The summed E-state index contributed by atoms with van der Waals surface area (Å²) >= 11 is 0. The number of nitrogens with one attached hydrogen (secondary N) is 2. The lowest BCUT2D eigenvalue weighted by atomic mass is 9.88. The maximum Gasteiger partial charge on any atom is 0.268 e. The van der Waals surface area contributed by atoms with Gasteiger partial charge in [0.2, 0.25) is 0 Å². The Balaban J connectivity index is 1.97. The van der Waals surface area contributed by atoms with Gasteiger partial charge in [0.25, 0.3) is 5.91 Å². The molecule has 2 N–H and O–H groups in total. The first kappa shape index (κ1) is 33.6. The molecule has 0 aliphatic carbocycles. The van der Waals surface area contributed by atoms with E-state index in [-0.39, 0.29) is 11.7 Å². The minimum Gasteiger partial charge on any atom is -0.353 e. The summed E-state index contributed by atoms with van der Waals surface area (Å²) < 4.78 is 13.9. The molecular formula is C39H49FN2O. The molecule has 3 aromatic rings. The van der Waals surface area contributed by atoms with Crippen molar-refractivity contribution in [3.8, 4) is 11.1 Å². The van der Waals surface area contributed by atoms with Crippen molar-refractivity contribution in [2.75, 3.05) is 0 Å². The number of benzene rings is 2. The molecule has 2 atom stereocenters. The number of rotatable bonds is 16. The van der Waals surface area contributed by atoms with Crippen molar-refractivity contribution >= 4 is 11.5 Å². The molecule has 4 heteroatoms. The summed E-state index contributed by atoms with van der Waals surface area (Å²) in [7, 11) is 0. The molecule has 2 aromatic carbocycles. The van der Waals surface area contributed by atoms with E-state index in [9.17, 15) is 9.18 Å². The second-order valence-electron chi connectivity index (χ2n) is 12.0. The Kier molecular flexibility index (Phi) is 13.0. The van der Waals surface area contributed by atoms with Gasteiger partial charge in [0.15, 0.2) is 0 Å². The van der Waals surface area contributed by atoms with Crippen molar-refractivity contribution in [1.82, 2.24) is 10.3 Å². The van der Waals surface area contributed by atoms with Crippen LogP contribution in [0.25, 0.3) is 16.7 Å². The molecule has 228 valence electrons. The second kappa shape index (κ2) is 16.6. The van der Waals surface area contributed by atoms with Crippen LogP contribution in [0.1, 0.15) is 92.7 Å². The zero-order valence-corrected chi connectivity index (χ0v) is 26.7. The van der Waals surface area contributed by atoms with E-state index in [1.54, 1.807) is 12.2 Å². The van der Waals surface area contributed by atoms with Gasteiger partial charge >= 0.3 is 0 Å². The minimum absolute atomic E-state index is 0.175. The van der Waals surface area contributed by atoms with Crippen molar-refractivity contribution in [2.24, 2.45) is 11.8 Å². The van der Waals surface area contributed by atoms with E-state index in [0.29, 0.717) is 24.1 Å². The first-order valence-electron chi connectivity index (χ1n) is 15.6. The quantitative estimate of drug-likeness (QED) is 0.128. The number of carbonyl (C=O) groups excluding carboxylic acids is 1. The van der Waals surface area contributed by atoms with Crippen LogP contribution in [0, 0.1) is 18.8 Å². The van der Waals surface area contributed by atoms with Crippen LogP contribution < -0.4 is 5.32 Å². The Morgan fingerprint density at radius 1 is 1.05 bits per heavy atom. The van der Waals surface area contributed by atoms with Gasteiger partial charge < -0.3 is 10.3 Å². The predicted octanol–water partition coefficient (Wildman–Crippen LogP) is 10.7. The lowest BCUT2D eigenvalue weighted by Crippen LogP contribution is -2.23. The largest absolute Gasteiger partial charge is 0.353 e. The summed E-state index contributed by atoms with van der Waals surface area (Å²) in [4.78, 5) is 17.3. The molecule has 0 aliphatic rings. The second-order valence-corrected chi connectivity index (χ2v) is 12.0. The summed E-state index contributed by atoms with van der Waals surface area (Å²) in [6.07, 6.45) is 11.0. The highest BCUT2D eigenvalue weighted by Gasteiger charge is 2.25. The number of hydrogen-bond donors (Lipinski definition) is 2. The van der Waals surface area contributed by atoms with Gasteiger partial charge in [0.05, 0.1) is 5.83 Å². The standard InChI is InChI=1S/C39H49FN2O/c1-8-27(3)24-30(6)25-29(5)14-13-17-35-36(33(9-2)23-20-31(7)40)37(34-15-11-10-12-16-34)38(42-35)39(43)41-26-32-21-18-28(4)19-22-32/h9-12,15-16,18-23,29-30,42H,2-3,8,13-14,17,24-26H2,1,4-7H3,(H,41,43)/b31-20+,33-23+. The highest BCUT2D eigenvalue weighted by molar-refractivity contribution is 6.04. The van der Waals surface area contributed by atoms with E-state index in [1.165, 1.54) is 24.1 Å². The summed E-state index contributed by atoms with van der Waals surface area (Å²) in [5, 5.41) is 3.11. The summed E-state index contributed by atoms with van der Waals surface area (Å²) in [5.74, 6) is 0.729. The molecule has 3 rings (SSSR count). The Bertz CT molecular complexity index is 1420. The molecule has 43 heavy (non-hydrogen) atoms. The first-order valence-corrected chi connectivity index (χ1v) is 15.6. The molecule has 0 saturated carbocycles. The number of carbonyl (C=O) groups is 1. The molecular weight excluding hydrogens is 531 g/mol. The van der Waals surface area contributed by atoms with Gasteiger partial charge in [-0.15, -0.1) is 0 Å². The van der Waals surface area contributed by atoms with Crippen LogP contribution in [-0.2, 0) is 13.0 Å². The molecule has 3 nitrogen and oxygen atoms in total. The van der Waals surface area contributed by atoms with Gasteiger partial charge in [-0.25, -0.2) is 4.39 Å². The van der Waals surface area contributed by atoms with Crippen LogP contribution in [0.5, 0.6) is 0 Å². The molecule has 0 radical (unpaired) electrons. The number of aromatic amines is 1. The predicted molar refractivity (Wildman–Crippen MR) is 182 cm³/mol. The van der Waals surface area contributed by atoms with E-state index in [2.05, 4.69) is 44.2 Å². The lowest BCUT2D eigenvalue weighted by molar-refractivity contribution is 0.0947. The average Bonchev–Trinajstić information content (AvgIpc) is 3.36. The molecule has 1 amide bonds. The molecule has 0 bridgehead atoms. The van der Waals surface area contributed by atoms with Crippen LogP contribution in [0.4, 0.5) is 4.39 Å². The van der Waals surface area contributed by atoms with Crippen LogP contribution in [-0.4, -0.2) is 10.9 Å². The maximum atomic E-state index is 13.9. The monoisotopic (exact) mass is 580 g/mol. The first-order chi connectivity index (χ1) is 20.6. The molecule has 0 fully saturated rings. The Morgan fingerprint density at radius 2 is 1.74 bits per heavy atom. The molecule has 0 spiro atoms. The van der Waals surface area contributed by atoms with Crippen molar-refractivity contribution in [1.29, 1.82) is 0 Å². The third-order valence-corrected chi connectivity index (χ3v) is 8.01. The maximum absolute atomic E-state index is 13.9. The number of allylic oxidation sites excluding steroid dienone is 6. The van der Waals surface area contributed by atoms with E-state index in [4.69, 9.17) is 0 Å². The third-order valence-electron chi connectivity index (χ3n) is 8.01. The molecule has 1 heterocycles. The number of amides is 1. The number of hydrogen-bond acceptors (Lipinski definition) is 1. The fourth-order valence-electron chi connectivity index (χ4n) is 5.71. The van der Waals surface area contributed by atoms with Crippen molar-refractivity contribution in [3.63, 3.8) is 0 Å². The van der Waals surface area contributed by atoms with Gasteiger partial charge in [0.1, 0.15) is 5.69 Å².